The van der Waals surface area contributed by atoms with Gasteiger partial charge in [0.2, 0.25) is 10.0 Å². The van der Waals surface area contributed by atoms with E-state index in [-0.39, 0.29) is 5.97 Å². The number of sulfonamides is 1. The normalized spacial score (nSPS) is 22.4. The van der Waals surface area contributed by atoms with Crippen LogP contribution in [0.3, 0.4) is 0 Å². The summed E-state index contributed by atoms with van der Waals surface area (Å²) in [6, 6.07) is 7.71. The summed E-state index contributed by atoms with van der Waals surface area (Å²) in [5.74, 6) is -0.944. The molecule has 1 aliphatic rings. The molecule has 1 aliphatic carbocycles. The molecule has 1 saturated carbocycles. The molecule has 1 fully saturated rings. The second-order valence-corrected chi connectivity index (χ2v) is 11.7. The molecule has 2 rings (SSSR count). The Morgan fingerprint density at radius 1 is 1.23 bits per heavy atom. The average Bonchev–Trinajstić information content (AvgIpc) is 2.65. The number of carbonyl (C=O) groups excluding carboxylic acids is 2. The third kappa shape index (κ3) is 6.78. The van der Waals surface area contributed by atoms with Crippen LogP contribution >= 0.6 is 15.9 Å². The van der Waals surface area contributed by atoms with Crippen LogP contribution in [0.2, 0.25) is 0 Å². The summed E-state index contributed by atoms with van der Waals surface area (Å²) in [6.07, 6.45) is 1.89. The first-order chi connectivity index (χ1) is 13.9. The van der Waals surface area contributed by atoms with E-state index in [1.807, 2.05) is 24.3 Å². The molecule has 0 amide bonds. The smallest absolute Gasteiger partial charge is 0.321 e. The second kappa shape index (κ2) is 9.78. The highest BCUT2D eigenvalue weighted by atomic mass is 79.9. The Balaban J connectivity index is 2.05. The molecule has 1 aromatic rings. The Hall–Kier alpha value is -1.45. The molecule has 0 spiro atoms. The van der Waals surface area contributed by atoms with Crippen molar-refractivity contribution >= 4 is 37.9 Å². The van der Waals surface area contributed by atoms with Gasteiger partial charge < -0.3 is 9.47 Å². The maximum Gasteiger partial charge on any atom is 0.321 e. The van der Waals surface area contributed by atoms with Crippen molar-refractivity contribution in [1.82, 2.24) is 4.72 Å². The molecular formula is C21H30BrNO6S. The van der Waals surface area contributed by atoms with Crippen molar-refractivity contribution < 1.29 is 27.5 Å². The molecule has 7 nitrogen and oxygen atoms in total. The molecule has 1 aromatic carbocycles. The van der Waals surface area contributed by atoms with Gasteiger partial charge in [0.05, 0.1) is 17.8 Å². The minimum atomic E-state index is -3.71. The van der Waals surface area contributed by atoms with Gasteiger partial charge in [-0.05, 0) is 70.6 Å². The molecule has 0 saturated heterocycles. The van der Waals surface area contributed by atoms with E-state index in [0.29, 0.717) is 32.1 Å². The number of halogens is 1. The topological polar surface area (TPSA) is 98.8 Å². The highest BCUT2D eigenvalue weighted by Crippen LogP contribution is 2.42. The Morgan fingerprint density at radius 3 is 2.40 bits per heavy atom. The van der Waals surface area contributed by atoms with Gasteiger partial charge in [-0.3, -0.25) is 9.59 Å². The number of methoxy groups -OCH3 is 1. The molecule has 0 atom stereocenters. The van der Waals surface area contributed by atoms with Gasteiger partial charge >= 0.3 is 11.9 Å². The van der Waals surface area contributed by atoms with E-state index in [4.69, 9.17) is 9.47 Å². The minimum Gasteiger partial charge on any atom is -0.469 e. The SMILES string of the molecule is COC(=O)C1(Cc2cccc(Br)c2)CCC(S(=O)(=O)NCC(=O)OC(C)(C)C)CC1. The lowest BCUT2D eigenvalue weighted by molar-refractivity contribution is -0.155. The molecule has 30 heavy (non-hydrogen) atoms. The van der Waals surface area contributed by atoms with Gasteiger partial charge in [0, 0.05) is 4.47 Å². The number of carbonyl (C=O) groups is 2. The van der Waals surface area contributed by atoms with E-state index in [9.17, 15) is 18.0 Å². The molecule has 0 unspecified atom stereocenters. The Labute approximate surface area is 187 Å². The summed E-state index contributed by atoms with van der Waals surface area (Å²) in [5, 5.41) is -0.666. The number of esters is 2. The fraction of sp³-hybridized carbons (Fsp3) is 0.619. The monoisotopic (exact) mass is 503 g/mol. The van der Waals surface area contributed by atoms with Gasteiger partial charge in [0.25, 0.3) is 0 Å². The van der Waals surface area contributed by atoms with E-state index in [1.165, 1.54) is 7.11 Å². The molecule has 168 valence electrons. The fourth-order valence-corrected chi connectivity index (χ4v) is 5.67. The van der Waals surface area contributed by atoms with Crippen LogP contribution in [0.15, 0.2) is 28.7 Å². The lowest BCUT2D eigenvalue weighted by Gasteiger charge is -2.37. The first-order valence-electron chi connectivity index (χ1n) is 9.90. The van der Waals surface area contributed by atoms with Crippen molar-refractivity contribution in [1.29, 1.82) is 0 Å². The predicted octanol–water partition coefficient (Wildman–Crippen LogP) is 3.35. The molecule has 0 heterocycles. The van der Waals surface area contributed by atoms with E-state index in [2.05, 4.69) is 20.7 Å². The van der Waals surface area contributed by atoms with E-state index in [0.717, 1.165) is 10.0 Å². The Morgan fingerprint density at radius 2 is 1.87 bits per heavy atom. The number of nitrogens with one attached hydrogen (secondary N) is 1. The van der Waals surface area contributed by atoms with Crippen LogP contribution in [0.4, 0.5) is 0 Å². The van der Waals surface area contributed by atoms with Gasteiger partial charge in [-0.1, -0.05) is 28.1 Å². The summed E-state index contributed by atoms with van der Waals surface area (Å²) in [4.78, 5) is 24.5. The van der Waals surface area contributed by atoms with Gasteiger partial charge in [-0.15, -0.1) is 0 Å². The first-order valence-corrected chi connectivity index (χ1v) is 12.2. The zero-order valence-electron chi connectivity index (χ0n) is 17.9. The van der Waals surface area contributed by atoms with Gasteiger partial charge in [0.15, 0.2) is 0 Å². The van der Waals surface area contributed by atoms with Gasteiger partial charge in [-0.2, -0.15) is 0 Å². The summed E-state index contributed by atoms with van der Waals surface area (Å²) < 4.78 is 38.8. The highest BCUT2D eigenvalue weighted by Gasteiger charge is 2.45. The molecule has 0 radical (unpaired) electrons. The van der Waals surface area contributed by atoms with Crippen molar-refractivity contribution in [2.24, 2.45) is 5.41 Å². The van der Waals surface area contributed by atoms with E-state index < -0.39 is 38.8 Å². The fourth-order valence-electron chi connectivity index (χ4n) is 3.82. The van der Waals surface area contributed by atoms with Crippen molar-refractivity contribution in [2.45, 2.75) is 63.7 Å². The van der Waals surface area contributed by atoms with Crippen LogP contribution in [0.25, 0.3) is 0 Å². The highest BCUT2D eigenvalue weighted by molar-refractivity contribution is 9.10. The summed E-state index contributed by atoms with van der Waals surface area (Å²) in [5.41, 5.74) is -0.453. The molecule has 0 bridgehead atoms. The third-order valence-electron chi connectivity index (χ3n) is 5.22. The third-order valence-corrected chi connectivity index (χ3v) is 7.61. The van der Waals surface area contributed by atoms with Crippen LogP contribution < -0.4 is 4.72 Å². The van der Waals surface area contributed by atoms with Crippen LogP contribution in [0.5, 0.6) is 0 Å². The van der Waals surface area contributed by atoms with Crippen molar-refractivity contribution in [2.75, 3.05) is 13.7 Å². The maximum atomic E-state index is 12.7. The van der Waals surface area contributed by atoms with Gasteiger partial charge in [-0.25, -0.2) is 13.1 Å². The maximum absolute atomic E-state index is 12.7. The van der Waals surface area contributed by atoms with Crippen molar-refractivity contribution in [3.05, 3.63) is 34.3 Å². The molecule has 0 aliphatic heterocycles. The van der Waals surface area contributed by atoms with Crippen molar-refractivity contribution in [3.8, 4) is 0 Å². The quantitative estimate of drug-likeness (QED) is 0.572. The van der Waals surface area contributed by atoms with E-state index >= 15 is 0 Å². The van der Waals surface area contributed by atoms with Crippen LogP contribution in [0.1, 0.15) is 52.0 Å². The summed E-state index contributed by atoms with van der Waals surface area (Å²) >= 11 is 3.44. The Kier molecular flexibility index (Phi) is 8.09. The number of hydrogen-bond donors (Lipinski definition) is 1. The molecule has 0 aromatic heterocycles. The summed E-state index contributed by atoms with van der Waals surface area (Å²) in [7, 11) is -2.35. The number of ether oxygens (including phenoxy) is 2. The largest absolute Gasteiger partial charge is 0.469 e. The predicted molar refractivity (Wildman–Crippen MR) is 117 cm³/mol. The van der Waals surface area contributed by atoms with Crippen LogP contribution in [0, 0.1) is 5.41 Å². The average molecular weight is 504 g/mol. The number of rotatable bonds is 7. The molecular weight excluding hydrogens is 474 g/mol. The first kappa shape index (κ1) is 24.8. The standard InChI is InChI=1S/C21H30BrNO6S/c1-20(2,3)29-18(24)14-23-30(26,27)17-8-10-21(11-9-17,19(25)28-4)13-15-6-5-7-16(22)12-15/h5-7,12,17,23H,8-11,13-14H2,1-4H3. The zero-order valence-corrected chi connectivity index (χ0v) is 20.3. The lowest BCUT2D eigenvalue weighted by Crippen LogP contribution is -2.45. The minimum absolute atomic E-state index is 0.312. The number of hydrogen-bond acceptors (Lipinski definition) is 6. The molecule has 9 heteroatoms. The van der Waals surface area contributed by atoms with Gasteiger partial charge in [0.1, 0.15) is 12.1 Å². The number of benzene rings is 1. The van der Waals surface area contributed by atoms with E-state index in [1.54, 1.807) is 20.8 Å². The van der Waals surface area contributed by atoms with Crippen molar-refractivity contribution in [3.63, 3.8) is 0 Å². The Bertz CT molecular complexity index is 870. The lowest BCUT2D eigenvalue weighted by atomic mass is 9.70. The van der Waals surface area contributed by atoms with Crippen LogP contribution in [-0.2, 0) is 35.5 Å². The molecule has 1 N–H and O–H groups in total. The zero-order chi connectivity index (χ0) is 22.6. The van der Waals surface area contributed by atoms with Crippen LogP contribution in [-0.4, -0.2) is 44.9 Å². The second-order valence-electron chi connectivity index (χ2n) is 8.73. The summed E-state index contributed by atoms with van der Waals surface area (Å²) in [6.45, 7) is 4.75.